The maximum absolute atomic E-state index is 4.41. The maximum Gasteiger partial charge on any atom is 0.146 e. The van der Waals surface area contributed by atoms with Crippen molar-refractivity contribution in [2.45, 2.75) is 32.6 Å². The Kier molecular flexibility index (Phi) is 4.18. The van der Waals surface area contributed by atoms with Crippen LogP contribution >= 0.6 is 0 Å². The largest absolute Gasteiger partial charge is 0.372 e. The average Bonchev–Trinajstić information content (AvgIpc) is 2.38. The van der Waals surface area contributed by atoms with E-state index in [4.69, 9.17) is 0 Å². The number of hydrogen-bond acceptors (Lipinski definition) is 4. The van der Waals surface area contributed by atoms with Gasteiger partial charge in [0, 0.05) is 13.6 Å². The molecule has 1 aromatic heterocycles. The van der Waals surface area contributed by atoms with Crippen molar-refractivity contribution in [2.75, 3.05) is 24.2 Å². The van der Waals surface area contributed by atoms with Crippen molar-refractivity contribution in [3.05, 3.63) is 12.4 Å². The molecule has 0 radical (unpaired) electrons. The van der Waals surface area contributed by atoms with E-state index >= 15 is 0 Å². The van der Waals surface area contributed by atoms with Gasteiger partial charge in [-0.1, -0.05) is 19.8 Å². The molecule has 17 heavy (non-hydrogen) atoms. The minimum Gasteiger partial charge on any atom is -0.372 e. The van der Waals surface area contributed by atoms with Gasteiger partial charge in [-0.2, -0.15) is 0 Å². The minimum absolute atomic E-state index is 0.797. The second kappa shape index (κ2) is 5.84. The van der Waals surface area contributed by atoms with Crippen molar-refractivity contribution in [3.63, 3.8) is 0 Å². The first kappa shape index (κ1) is 12.1. The first-order chi connectivity index (χ1) is 8.28. The molecule has 1 fully saturated rings. The fraction of sp³-hybridized carbons (Fsp3) is 0.692. The third-order valence-electron chi connectivity index (χ3n) is 3.60. The van der Waals surface area contributed by atoms with E-state index in [1.807, 2.05) is 7.05 Å². The van der Waals surface area contributed by atoms with Crippen molar-refractivity contribution >= 4 is 11.6 Å². The SMILES string of the molecule is CNc1cncc(NCC2CCC(C)CC2)n1. The van der Waals surface area contributed by atoms with Crippen LogP contribution in [0.1, 0.15) is 32.6 Å². The molecule has 0 unspecified atom stereocenters. The summed E-state index contributed by atoms with van der Waals surface area (Å²) in [4.78, 5) is 8.55. The highest BCUT2D eigenvalue weighted by molar-refractivity contribution is 5.40. The standard InChI is InChI=1S/C13H22N4/c1-10-3-5-11(6-4-10)7-16-13-9-15-8-12(14-2)17-13/h8-11H,3-7H2,1-2H3,(H2,14,16,17). The summed E-state index contributed by atoms with van der Waals surface area (Å²) < 4.78 is 0. The summed E-state index contributed by atoms with van der Waals surface area (Å²) in [5, 5.41) is 6.39. The first-order valence-corrected chi connectivity index (χ1v) is 6.51. The Balaban J connectivity index is 1.81. The number of rotatable bonds is 4. The molecule has 4 nitrogen and oxygen atoms in total. The third-order valence-corrected chi connectivity index (χ3v) is 3.60. The highest BCUT2D eigenvalue weighted by Crippen LogP contribution is 2.28. The van der Waals surface area contributed by atoms with E-state index in [1.165, 1.54) is 25.7 Å². The average molecular weight is 234 g/mol. The Morgan fingerprint density at radius 1 is 1.18 bits per heavy atom. The van der Waals surface area contributed by atoms with Crippen LogP contribution in [-0.2, 0) is 0 Å². The monoisotopic (exact) mass is 234 g/mol. The zero-order valence-corrected chi connectivity index (χ0v) is 10.7. The topological polar surface area (TPSA) is 49.8 Å². The summed E-state index contributed by atoms with van der Waals surface area (Å²) in [6.45, 7) is 3.38. The van der Waals surface area contributed by atoms with Gasteiger partial charge in [0.15, 0.2) is 0 Å². The highest BCUT2D eigenvalue weighted by atomic mass is 15.1. The maximum atomic E-state index is 4.41. The Morgan fingerprint density at radius 2 is 1.88 bits per heavy atom. The number of aromatic nitrogens is 2. The van der Waals surface area contributed by atoms with E-state index < -0.39 is 0 Å². The quantitative estimate of drug-likeness (QED) is 0.841. The van der Waals surface area contributed by atoms with Crippen LogP contribution in [-0.4, -0.2) is 23.6 Å². The number of anilines is 2. The predicted octanol–water partition coefficient (Wildman–Crippen LogP) is 2.76. The lowest BCUT2D eigenvalue weighted by Gasteiger charge is -2.26. The van der Waals surface area contributed by atoms with Crippen LogP contribution < -0.4 is 10.6 Å². The molecule has 0 saturated heterocycles. The minimum atomic E-state index is 0.797. The Bertz CT molecular complexity index is 345. The summed E-state index contributed by atoms with van der Waals surface area (Å²) in [7, 11) is 1.86. The zero-order valence-electron chi connectivity index (χ0n) is 10.7. The van der Waals surface area contributed by atoms with Gasteiger partial charge in [-0.15, -0.1) is 0 Å². The van der Waals surface area contributed by atoms with E-state index in [0.29, 0.717) is 0 Å². The van der Waals surface area contributed by atoms with Gasteiger partial charge >= 0.3 is 0 Å². The van der Waals surface area contributed by atoms with Crippen LogP contribution in [0.25, 0.3) is 0 Å². The van der Waals surface area contributed by atoms with Gasteiger partial charge in [0.05, 0.1) is 12.4 Å². The van der Waals surface area contributed by atoms with Crippen LogP contribution in [0.2, 0.25) is 0 Å². The lowest BCUT2D eigenvalue weighted by atomic mass is 9.83. The van der Waals surface area contributed by atoms with E-state index in [0.717, 1.165) is 30.0 Å². The Labute approximate surface area is 103 Å². The predicted molar refractivity (Wildman–Crippen MR) is 71.2 cm³/mol. The molecule has 0 aromatic carbocycles. The molecule has 4 heteroatoms. The highest BCUT2D eigenvalue weighted by Gasteiger charge is 2.17. The fourth-order valence-electron chi connectivity index (χ4n) is 2.35. The molecule has 94 valence electrons. The Morgan fingerprint density at radius 3 is 2.59 bits per heavy atom. The number of hydrogen-bond donors (Lipinski definition) is 2. The molecule has 0 atom stereocenters. The number of nitrogens with one attached hydrogen (secondary N) is 2. The van der Waals surface area contributed by atoms with E-state index in [9.17, 15) is 0 Å². The molecule has 1 aromatic rings. The molecule has 2 N–H and O–H groups in total. The molecule has 1 aliphatic carbocycles. The Hall–Kier alpha value is -1.32. The lowest BCUT2D eigenvalue weighted by Crippen LogP contribution is -2.20. The van der Waals surface area contributed by atoms with Gasteiger partial charge in [-0.05, 0) is 24.7 Å². The molecule has 0 aliphatic heterocycles. The van der Waals surface area contributed by atoms with Crippen LogP contribution in [0, 0.1) is 11.8 Å². The van der Waals surface area contributed by atoms with Crippen molar-refractivity contribution in [1.82, 2.24) is 9.97 Å². The normalized spacial score (nSPS) is 24.4. The molecule has 1 saturated carbocycles. The van der Waals surface area contributed by atoms with Gasteiger partial charge in [-0.3, -0.25) is 4.98 Å². The molecule has 0 amide bonds. The summed E-state index contributed by atoms with van der Waals surface area (Å²) in [6, 6.07) is 0. The van der Waals surface area contributed by atoms with E-state index in [-0.39, 0.29) is 0 Å². The molecular formula is C13H22N4. The lowest BCUT2D eigenvalue weighted by molar-refractivity contribution is 0.300. The summed E-state index contributed by atoms with van der Waals surface area (Å²) in [6.07, 6.45) is 8.93. The molecule has 0 bridgehead atoms. The first-order valence-electron chi connectivity index (χ1n) is 6.51. The van der Waals surface area contributed by atoms with Crippen molar-refractivity contribution < 1.29 is 0 Å². The smallest absolute Gasteiger partial charge is 0.146 e. The second-order valence-corrected chi connectivity index (χ2v) is 5.05. The summed E-state index contributed by atoms with van der Waals surface area (Å²) in [5.41, 5.74) is 0. The van der Waals surface area contributed by atoms with Crippen molar-refractivity contribution in [2.24, 2.45) is 11.8 Å². The van der Waals surface area contributed by atoms with Gasteiger partial charge in [0.25, 0.3) is 0 Å². The van der Waals surface area contributed by atoms with E-state index in [2.05, 4.69) is 27.5 Å². The number of nitrogens with zero attached hydrogens (tertiary/aromatic N) is 2. The van der Waals surface area contributed by atoms with E-state index in [1.54, 1.807) is 12.4 Å². The van der Waals surface area contributed by atoms with Gasteiger partial charge in [0.2, 0.25) is 0 Å². The van der Waals surface area contributed by atoms with Gasteiger partial charge in [-0.25, -0.2) is 4.98 Å². The van der Waals surface area contributed by atoms with Crippen molar-refractivity contribution in [1.29, 1.82) is 0 Å². The van der Waals surface area contributed by atoms with Crippen LogP contribution in [0.15, 0.2) is 12.4 Å². The van der Waals surface area contributed by atoms with Gasteiger partial charge in [0.1, 0.15) is 11.6 Å². The summed E-state index contributed by atoms with van der Waals surface area (Å²) in [5.74, 6) is 3.40. The third kappa shape index (κ3) is 3.58. The second-order valence-electron chi connectivity index (χ2n) is 5.05. The van der Waals surface area contributed by atoms with Crippen LogP contribution in [0.4, 0.5) is 11.6 Å². The van der Waals surface area contributed by atoms with Crippen molar-refractivity contribution in [3.8, 4) is 0 Å². The fourth-order valence-corrected chi connectivity index (χ4v) is 2.35. The zero-order chi connectivity index (χ0) is 12.1. The molecule has 1 heterocycles. The molecule has 1 aliphatic rings. The molecule has 0 spiro atoms. The summed E-state index contributed by atoms with van der Waals surface area (Å²) >= 11 is 0. The van der Waals surface area contributed by atoms with Crippen LogP contribution in [0.5, 0.6) is 0 Å². The van der Waals surface area contributed by atoms with Crippen LogP contribution in [0.3, 0.4) is 0 Å². The molecular weight excluding hydrogens is 212 g/mol. The molecule has 2 rings (SSSR count). The van der Waals surface area contributed by atoms with Gasteiger partial charge < -0.3 is 10.6 Å².